The highest BCUT2D eigenvalue weighted by Crippen LogP contribution is 2.07. The largest absolute Gasteiger partial charge is 0.380 e. The van der Waals surface area contributed by atoms with Gasteiger partial charge in [-0.3, -0.25) is 0 Å². The minimum absolute atomic E-state index is 0.643. The fraction of sp³-hybridized carbons (Fsp3) is 0.588. The number of nitrogens with zero attached hydrogens (tertiary/aromatic N) is 1. The Morgan fingerprint density at radius 2 is 2.00 bits per heavy atom. The van der Waals surface area contributed by atoms with Crippen molar-refractivity contribution < 1.29 is 4.74 Å². The first-order chi connectivity index (χ1) is 10.2. The zero-order valence-electron chi connectivity index (χ0n) is 13.8. The van der Waals surface area contributed by atoms with E-state index in [-0.39, 0.29) is 0 Å². The van der Waals surface area contributed by atoms with Gasteiger partial charge in [-0.1, -0.05) is 38.1 Å². The number of guanidine groups is 1. The summed E-state index contributed by atoms with van der Waals surface area (Å²) in [6.45, 7) is 9.68. The van der Waals surface area contributed by atoms with E-state index in [9.17, 15) is 0 Å². The Balaban J connectivity index is 2.57. The fourth-order valence-corrected chi connectivity index (χ4v) is 1.98. The van der Waals surface area contributed by atoms with Gasteiger partial charge in [-0.05, 0) is 30.4 Å². The van der Waals surface area contributed by atoms with Gasteiger partial charge in [-0.25, -0.2) is 4.99 Å². The summed E-state index contributed by atoms with van der Waals surface area (Å²) in [5.74, 6) is 1.58. The Labute approximate surface area is 129 Å². The number of nitrogens with one attached hydrogen (secondary N) is 2. The van der Waals surface area contributed by atoms with E-state index >= 15 is 0 Å². The Hall–Kier alpha value is -1.55. The average Bonchev–Trinajstić information content (AvgIpc) is 2.45. The van der Waals surface area contributed by atoms with Crippen molar-refractivity contribution in [1.29, 1.82) is 0 Å². The standard InChI is InChI=1S/C17H29N3O/c1-5-18-17(19-10-9-14(2)3)20-12-15-7-6-8-16(11-15)13-21-4/h6-8,11,14H,5,9-10,12-13H2,1-4H3,(H2,18,19,20). The molecule has 21 heavy (non-hydrogen) atoms. The lowest BCUT2D eigenvalue weighted by Gasteiger charge is -2.12. The molecule has 0 spiro atoms. The Morgan fingerprint density at radius 3 is 2.67 bits per heavy atom. The first kappa shape index (κ1) is 17.5. The summed E-state index contributed by atoms with van der Waals surface area (Å²) in [6.07, 6.45) is 1.15. The molecule has 1 rings (SSSR count). The third-order valence-corrected chi connectivity index (χ3v) is 3.08. The fourth-order valence-electron chi connectivity index (χ4n) is 1.98. The summed E-state index contributed by atoms with van der Waals surface area (Å²) in [5, 5.41) is 6.66. The van der Waals surface area contributed by atoms with Crippen LogP contribution in [0.2, 0.25) is 0 Å². The van der Waals surface area contributed by atoms with E-state index in [0.717, 1.165) is 25.5 Å². The van der Waals surface area contributed by atoms with Crippen LogP contribution in [0.25, 0.3) is 0 Å². The molecule has 0 bridgehead atoms. The van der Waals surface area contributed by atoms with Gasteiger partial charge in [0.2, 0.25) is 0 Å². The number of benzene rings is 1. The molecule has 0 aromatic heterocycles. The third kappa shape index (κ3) is 7.71. The van der Waals surface area contributed by atoms with Crippen LogP contribution in [-0.4, -0.2) is 26.2 Å². The van der Waals surface area contributed by atoms with Crippen molar-refractivity contribution in [2.75, 3.05) is 20.2 Å². The van der Waals surface area contributed by atoms with E-state index in [0.29, 0.717) is 19.1 Å². The van der Waals surface area contributed by atoms with Gasteiger partial charge >= 0.3 is 0 Å². The zero-order chi connectivity index (χ0) is 15.5. The lowest BCUT2D eigenvalue weighted by atomic mass is 10.1. The predicted molar refractivity (Wildman–Crippen MR) is 89.4 cm³/mol. The first-order valence-electron chi connectivity index (χ1n) is 7.74. The van der Waals surface area contributed by atoms with Crippen LogP contribution in [0, 0.1) is 5.92 Å². The van der Waals surface area contributed by atoms with Gasteiger partial charge in [-0.2, -0.15) is 0 Å². The molecule has 0 aliphatic carbocycles. The van der Waals surface area contributed by atoms with Crippen molar-refractivity contribution in [2.24, 2.45) is 10.9 Å². The van der Waals surface area contributed by atoms with Crippen LogP contribution in [0.3, 0.4) is 0 Å². The molecule has 0 aliphatic heterocycles. The highest BCUT2D eigenvalue weighted by atomic mass is 16.5. The lowest BCUT2D eigenvalue weighted by molar-refractivity contribution is 0.185. The first-order valence-corrected chi connectivity index (χ1v) is 7.74. The third-order valence-electron chi connectivity index (χ3n) is 3.08. The molecule has 118 valence electrons. The monoisotopic (exact) mass is 291 g/mol. The molecule has 0 fully saturated rings. The van der Waals surface area contributed by atoms with Gasteiger partial charge in [0, 0.05) is 20.2 Å². The van der Waals surface area contributed by atoms with Crippen LogP contribution < -0.4 is 10.6 Å². The van der Waals surface area contributed by atoms with Crippen molar-refractivity contribution in [3.05, 3.63) is 35.4 Å². The Bertz CT molecular complexity index is 430. The molecule has 4 heteroatoms. The van der Waals surface area contributed by atoms with Crippen LogP contribution >= 0.6 is 0 Å². The summed E-state index contributed by atoms with van der Waals surface area (Å²) in [4.78, 5) is 4.64. The minimum Gasteiger partial charge on any atom is -0.380 e. The highest BCUT2D eigenvalue weighted by molar-refractivity contribution is 5.79. The van der Waals surface area contributed by atoms with Crippen molar-refractivity contribution in [2.45, 2.75) is 40.3 Å². The molecule has 0 radical (unpaired) electrons. The molecular formula is C17H29N3O. The number of hydrogen-bond donors (Lipinski definition) is 2. The molecule has 0 saturated heterocycles. The molecule has 0 amide bonds. The maximum Gasteiger partial charge on any atom is 0.191 e. The van der Waals surface area contributed by atoms with Crippen molar-refractivity contribution in [3.8, 4) is 0 Å². The smallest absolute Gasteiger partial charge is 0.191 e. The number of rotatable bonds is 8. The van der Waals surface area contributed by atoms with Gasteiger partial charge in [-0.15, -0.1) is 0 Å². The molecule has 0 atom stereocenters. The van der Waals surface area contributed by atoms with E-state index in [1.807, 2.05) is 0 Å². The molecular weight excluding hydrogens is 262 g/mol. The second kappa shape index (κ2) is 10.2. The number of ether oxygens (including phenoxy) is 1. The Kier molecular flexibility index (Phi) is 8.51. The number of methoxy groups -OCH3 is 1. The number of aliphatic imine (C=N–C) groups is 1. The average molecular weight is 291 g/mol. The Morgan fingerprint density at radius 1 is 1.24 bits per heavy atom. The summed E-state index contributed by atoms with van der Waals surface area (Å²) >= 11 is 0. The van der Waals surface area contributed by atoms with Crippen molar-refractivity contribution in [3.63, 3.8) is 0 Å². The van der Waals surface area contributed by atoms with Gasteiger partial charge in [0.25, 0.3) is 0 Å². The molecule has 1 aromatic carbocycles. The molecule has 4 nitrogen and oxygen atoms in total. The molecule has 0 aliphatic rings. The highest BCUT2D eigenvalue weighted by Gasteiger charge is 2.00. The molecule has 2 N–H and O–H groups in total. The van der Waals surface area contributed by atoms with E-state index < -0.39 is 0 Å². The van der Waals surface area contributed by atoms with Gasteiger partial charge in [0.1, 0.15) is 0 Å². The molecule has 0 unspecified atom stereocenters. The van der Waals surface area contributed by atoms with Crippen LogP contribution in [0.15, 0.2) is 29.3 Å². The van der Waals surface area contributed by atoms with Gasteiger partial charge in [0.15, 0.2) is 5.96 Å². The quantitative estimate of drug-likeness (QED) is 0.572. The lowest BCUT2D eigenvalue weighted by Crippen LogP contribution is -2.38. The maximum atomic E-state index is 5.16. The van der Waals surface area contributed by atoms with E-state index in [4.69, 9.17) is 4.74 Å². The van der Waals surface area contributed by atoms with Crippen LogP contribution in [0.1, 0.15) is 38.3 Å². The molecule has 1 aromatic rings. The maximum absolute atomic E-state index is 5.16. The van der Waals surface area contributed by atoms with Crippen LogP contribution in [-0.2, 0) is 17.9 Å². The van der Waals surface area contributed by atoms with Gasteiger partial charge in [0.05, 0.1) is 13.2 Å². The zero-order valence-corrected chi connectivity index (χ0v) is 13.8. The SMILES string of the molecule is CCNC(=NCc1cccc(COC)c1)NCCC(C)C. The van der Waals surface area contributed by atoms with E-state index in [2.05, 4.69) is 60.7 Å². The summed E-state index contributed by atoms with van der Waals surface area (Å²) in [6, 6.07) is 8.37. The number of hydrogen-bond acceptors (Lipinski definition) is 2. The van der Waals surface area contributed by atoms with Crippen molar-refractivity contribution in [1.82, 2.24) is 10.6 Å². The summed E-state index contributed by atoms with van der Waals surface area (Å²) in [5.41, 5.74) is 2.38. The van der Waals surface area contributed by atoms with E-state index in [1.165, 1.54) is 11.1 Å². The van der Waals surface area contributed by atoms with Gasteiger partial charge < -0.3 is 15.4 Å². The summed E-state index contributed by atoms with van der Waals surface area (Å²) < 4.78 is 5.16. The molecule has 0 heterocycles. The second-order valence-electron chi connectivity index (χ2n) is 5.56. The van der Waals surface area contributed by atoms with Crippen LogP contribution in [0.5, 0.6) is 0 Å². The summed E-state index contributed by atoms with van der Waals surface area (Å²) in [7, 11) is 1.72. The topological polar surface area (TPSA) is 45.7 Å². The van der Waals surface area contributed by atoms with Crippen LogP contribution in [0.4, 0.5) is 0 Å². The normalized spacial score (nSPS) is 11.8. The van der Waals surface area contributed by atoms with E-state index in [1.54, 1.807) is 7.11 Å². The minimum atomic E-state index is 0.643. The van der Waals surface area contributed by atoms with Crippen molar-refractivity contribution >= 4 is 5.96 Å². The second-order valence-corrected chi connectivity index (χ2v) is 5.56. The predicted octanol–water partition coefficient (Wildman–Crippen LogP) is 2.93. The molecule has 0 saturated carbocycles.